The van der Waals surface area contributed by atoms with Crippen molar-refractivity contribution in [3.63, 3.8) is 0 Å². The third-order valence-electron chi connectivity index (χ3n) is 7.34. The van der Waals surface area contributed by atoms with Crippen molar-refractivity contribution in [3.8, 4) is 6.07 Å². The lowest BCUT2D eigenvalue weighted by atomic mass is 9.98. The molecule has 5 rings (SSSR count). The number of aromatic nitrogens is 6. The lowest BCUT2D eigenvalue weighted by Gasteiger charge is -2.49. The van der Waals surface area contributed by atoms with Crippen LogP contribution in [0.2, 0.25) is 0 Å². The second-order valence-corrected chi connectivity index (χ2v) is 9.29. The number of pyridine rings is 1. The maximum absolute atomic E-state index is 12.9. The van der Waals surface area contributed by atoms with Crippen LogP contribution in [0.25, 0.3) is 16.7 Å². The van der Waals surface area contributed by atoms with Gasteiger partial charge in [0.05, 0.1) is 41.4 Å². The smallest absolute Gasteiger partial charge is 0.252 e. The van der Waals surface area contributed by atoms with E-state index in [1.54, 1.807) is 34.8 Å². The third kappa shape index (κ3) is 3.96. The highest BCUT2D eigenvalue weighted by Crippen LogP contribution is 2.34. The van der Waals surface area contributed by atoms with Crippen LogP contribution in [0.15, 0.2) is 41.6 Å². The molecule has 1 aliphatic heterocycles. The summed E-state index contributed by atoms with van der Waals surface area (Å²) in [6.45, 7) is 8.41. The van der Waals surface area contributed by atoms with Gasteiger partial charge >= 0.3 is 0 Å². The van der Waals surface area contributed by atoms with Gasteiger partial charge in [0.2, 0.25) is 0 Å². The zero-order valence-electron chi connectivity index (χ0n) is 20.7. The van der Waals surface area contributed by atoms with Gasteiger partial charge in [-0.25, -0.2) is 9.50 Å². The summed E-state index contributed by atoms with van der Waals surface area (Å²) in [6.07, 6.45) is 7.48. The van der Waals surface area contributed by atoms with Crippen LogP contribution in [-0.4, -0.2) is 59.0 Å². The second-order valence-electron chi connectivity index (χ2n) is 9.29. The van der Waals surface area contributed by atoms with E-state index in [-0.39, 0.29) is 30.2 Å². The van der Waals surface area contributed by atoms with E-state index in [2.05, 4.69) is 46.8 Å². The SMILES string of the molecule is CC[C@H]1CN(C(C)c2cn3ncccc3n2)[C@H](CC)CN1c1cc(=O)n(C)c2cn(CC#N)nc12. The molecule has 0 aliphatic carbocycles. The highest BCUT2D eigenvalue weighted by atomic mass is 16.1. The van der Waals surface area contributed by atoms with Gasteiger partial charge < -0.3 is 9.47 Å². The summed E-state index contributed by atoms with van der Waals surface area (Å²) in [5.41, 5.74) is 4.16. The fourth-order valence-electron chi connectivity index (χ4n) is 5.29. The van der Waals surface area contributed by atoms with Crippen LogP contribution >= 0.6 is 0 Å². The molecule has 0 spiro atoms. The first kappa shape index (κ1) is 23.1. The number of anilines is 1. The van der Waals surface area contributed by atoms with Crippen LogP contribution in [0.1, 0.15) is 45.3 Å². The largest absolute Gasteiger partial charge is 0.364 e. The number of nitrogens with zero attached hydrogens (tertiary/aromatic N) is 9. The van der Waals surface area contributed by atoms with Crippen LogP contribution in [0.4, 0.5) is 5.69 Å². The molecule has 0 bridgehead atoms. The first-order chi connectivity index (χ1) is 16.9. The van der Waals surface area contributed by atoms with Crippen molar-refractivity contribution in [1.82, 2.24) is 33.8 Å². The summed E-state index contributed by atoms with van der Waals surface area (Å²) in [4.78, 5) is 22.6. The Morgan fingerprint density at radius 2 is 2.00 bits per heavy atom. The van der Waals surface area contributed by atoms with Crippen molar-refractivity contribution < 1.29 is 0 Å². The number of nitriles is 1. The standard InChI is InChI=1S/C25H31N9O/c1-5-18-14-33(21-12-24(35)30(4)22-16-31(11-9-26)29-25(21)22)19(6-2)13-32(18)17(3)20-15-34-23(28-20)8-7-10-27-34/h7-8,10,12,15-19H,5-6,11,13-14H2,1-4H3/t17?,18-,19+/m1/s1. The molecule has 10 heteroatoms. The molecule has 4 aromatic rings. The summed E-state index contributed by atoms with van der Waals surface area (Å²) >= 11 is 0. The summed E-state index contributed by atoms with van der Waals surface area (Å²) < 4.78 is 5.05. The van der Waals surface area contributed by atoms with Crippen LogP contribution in [-0.2, 0) is 13.6 Å². The van der Waals surface area contributed by atoms with Crippen molar-refractivity contribution in [3.05, 3.63) is 52.8 Å². The van der Waals surface area contributed by atoms with Crippen molar-refractivity contribution >= 4 is 22.4 Å². The molecule has 1 saturated heterocycles. The molecule has 5 heterocycles. The molecule has 1 fully saturated rings. The number of imidazole rings is 1. The predicted octanol–water partition coefficient (Wildman–Crippen LogP) is 2.74. The Balaban J connectivity index is 1.51. The minimum Gasteiger partial charge on any atom is -0.364 e. The molecule has 35 heavy (non-hydrogen) atoms. The monoisotopic (exact) mass is 473 g/mol. The summed E-state index contributed by atoms with van der Waals surface area (Å²) in [5, 5.41) is 18.2. The van der Waals surface area contributed by atoms with E-state index in [1.807, 2.05) is 22.8 Å². The van der Waals surface area contributed by atoms with E-state index in [4.69, 9.17) is 10.2 Å². The first-order valence-corrected chi connectivity index (χ1v) is 12.2. The normalized spacial score (nSPS) is 19.9. The molecule has 0 aromatic carbocycles. The third-order valence-corrected chi connectivity index (χ3v) is 7.34. The Labute approximate surface area is 204 Å². The molecular weight excluding hydrogens is 442 g/mol. The van der Waals surface area contributed by atoms with E-state index in [1.165, 1.54) is 0 Å². The van der Waals surface area contributed by atoms with Gasteiger partial charge in [0.15, 0.2) is 5.65 Å². The van der Waals surface area contributed by atoms with Gasteiger partial charge in [-0.15, -0.1) is 0 Å². The molecule has 1 aliphatic rings. The van der Waals surface area contributed by atoms with Gasteiger partial charge in [-0.2, -0.15) is 15.5 Å². The zero-order valence-corrected chi connectivity index (χ0v) is 20.7. The van der Waals surface area contributed by atoms with Gasteiger partial charge in [-0.05, 0) is 31.9 Å². The number of piperazine rings is 1. The highest BCUT2D eigenvalue weighted by Gasteiger charge is 2.37. The molecule has 0 saturated carbocycles. The molecule has 0 amide bonds. The number of rotatable bonds is 6. The minimum atomic E-state index is -0.0695. The van der Waals surface area contributed by atoms with Gasteiger partial charge in [-0.1, -0.05) is 13.8 Å². The van der Waals surface area contributed by atoms with Crippen LogP contribution in [0, 0.1) is 11.3 Å². The maximum Gasteiger partial charge on any atom is 0.252 e. The lowest BCUT2D eigenvalue weighted by Crippen LogP contribution is -2.58. The van der Waals surface area contributed by atoms with E-state index in [0.717, 1.165) is 54.0 Å². The van der Waals surface area contributed by atoms with Crippen molar-refractivity contribution in [2.45, 2.75) is 58.3 Å². The Hall–Kier alpha value is -3.71. The zero-order chi connectivity index (χ0) is 24.7. The quantitative estimate of drug-likeness (QED) is 0.424. The number of hydrogen-bond acceptors (Lipinski definition) is 7. The Morgan fingerprint density at radius 3 is 2.71 bits per heavy atom. The molecule has 4 aromatic heterocycles. The van der Waals surface area contributed by atoms with Crippen LogP contribution < -0.4 is 10.5 Å². The lowest BCUT2D eigenvalue weighted by molar-refractivity contribution is 0.0994. The maximum atomic E-state index is 12.9. The second kappa shape index (κ2) is 9.15. The molecule has 1 unspecified atom stereocenters. The van der Waals surface area contributed by atoms with E-state index in [0.29, 0.717) is 0 Å². The Bertz CT molecular complexity index is 1430. The van der Waals surface area contributed by atoms with Gasteiger partial charge in [0, 0.05) is 44.5 Å². The molecule has 0 N–H and O–H groups in total. The Morgan fingerprint density at radius 1 is 1.20 bits per heavy atom. The van der Waals surface area contributed by atoms with Crippen LogP contribution in [0.3, 0.4) is 0 Å². The van der Waals surface area contributed by atoms with E-state index < -0.39 is 0 Å². The molecule has 10 nitrogen and oxygen atoms in total. The van der Waals surface area contributed by atoms with E-state index in [9.17, 15) is 4.79 Å². The fraction of sp³-hybridized carbons (Fsp3) is 0.480. The van der Waals surface area contributed by atoms with Gasteiger partial charge in [-0.3, -0.25) is 14.4 Å². The van der Waals surface area contributed by atoms with E-state index >= 15 is 0 Å². The summed E-state index contributed by atoms with van der Waals surface area (Å²) in [6, 6.07) is 8.35. The molecule has 3 atom stereocenters. The number of aryl methyl sites for hydroxylation is 1. The molecule has 0 radical (unpaired) electrons. The topological polar surface area (TPSA) is 100 Å². The highest BCUT2D eigenvalue weighted by molar-refractivity contribution is 5.88. The number of fused-ring (bicyclic) bond motifs is 2. The Kier molecular flexibility index (Phi) is 6.03. The van der Waals surface area contributed by atoms with Crippen molar-refractivity contribution in [1.29, 1.82) is 5.26 Å². The number of hydrogen-bond donors (Lipinski definition) is 0. The summed E-state index contributed by atoms with van der Waals surface area (Å²) in [5.74, 6) is 0. The average molecular weight is 474 g/mol. The van der Waals surface area contributed by atoms with Crippen molar-refractivity contribution in [2.75, 3.05) is 18.0 Å². The average Bonchev–Trinajstić information content (AvgIpc) is 3.50. The van der Waals surface area contributed by atoms with Crippen LogP contribution in [0.5, 0.6) is 0 Å². The van der Waals surface area contributed by atoms with Gasteiger partial charge in [0.25, 0.3) is 5.56 Å². The fourth-order valence-corrected chi connectivity index (χ4v) is 5.29. The minimum absolute atomic E-state index is 0.0695. The van der Waals surface area contributed by atoms with Crippen molar-refractivity contribution in [2.24, 2.45) is 7.05 Å². The molecular formula is C25H31N9O. The summed E-state index contributed by atoms with van der Waals surface area (Å²) in [7, 11) is 1.75. The predicted molar refractivity (Wildman–Crippen MR) is 134 cm³/mol. The first-order valence-electron chi connectivity index (χ1n) is 12.2. The van der Waals surface area contributed by atoms with Gasteiger partial charge in [0.1, 0.15) is 12.1 Å². The molecule has 182 valence electrons.